The molecular formula is C21H35ClN2O2. The molecule has 0 aromatic heterocycles. The first-order valence-corrected chi connectivity index (χ1v) is 9.82. The van der Waals surface area contributed by atoms with Gasteiger partial charge in [-0.25, -0.2) is 0 Å². The van der Waals surface area contributed by atoms with Crippen LogP contribution in [0.5, 0.6) is 5.75 Å². The Balaban J connectivity index is 0.00000243. The zero-order chi connectivity index (χ0) is 17.7. The van der Waals surface area contributed by atoms with E-state index in [0.717, 1.165) is 32.1 Å². The molecule has 2 fully saturated rings. The van der Waals surface area contributed by atoms with E-state index in [1.807, 2.05) is 0 Å². The largest absolute Gasteiger partial charge is 0.492 e. The lowest BCUT2D eigenvalue weighted by atomic mass is 9.87. The van der Waals surface area contributed by atoms with Gasteiger partial charge in [0.1, 0.15) is 12.4 Å². The van der Waals surface area contributed by atoms with E-state index < -0.39 is 0 Å². The number of halogens is 1. The predicted octanol–water partition coefficient (Wildman–Crippen LogP) is 3.53. The van der Waals surface area contributed by atoms with Crippen molar-refractivity contribution in [1.82, 2.24) is 10.6 Å². The van der Waals surface area contributed by atoms with Crippen molar-refractivity contribution in [1.29, 1.82) is 0 Å². The molecule has 1 aromatic rings. The fraction of sp³-hybridized carbons (Fsp3) is 0.714. The number of benzene rings is 1. The molecule has 0 bridgehead atoms. The summed E-state index contributed by atoms with van der Waals surface area (Å²) in [6.45, 7) is 11.0. The number of ether oxygens (including phenoxy) is 2. The standard InChI is InChI=1S/C21H34N2O2.ClH/c1-21(2,3)16-6-4-7-17(14-16)25-13-11-22-19-9-5-8-18(19)20-15-24-12-10-23-20;/h4,6-7,14,18-20,22-23H,5,8-13,15H2,1-3H3;1H. The molecule has 2 aliphatic rings. The van der Waals surface area contributed by atoms with Crippen LogP contribution < -0.4 is 15.4 Å². The minimum Gasteiger partial charge on any atom is -0.492 e. The van der Waals surface area contributed by atoms with Crippen LogP contribution >= 0.6 is 12.4 Å². The molecule has 1 aliphatic carbocycles. The third-order valence-corrected chi connectivity index (χ3v) is 5.51. The van der Waals surface area contributed by atoms with E-state index in [1.54, 1.807) is 0 Å². The fourth-order valence-corrected chi connectivity index (χ4v) is 4.05. The van der Waals surface area contributed by atoms with Crippen LogP contribution in [0.15, 0.2) is 24.3 Å². The molecule has 1 saturated carbocycles. The van der Waals surface area contributed by atoms with Gasteiger partial charge in [0.05, 0.1) is 13.2 Å². The number of nitrogens with one attached hydrogen (secondary N) is 2. The maximum atomic E-state index is 5.98. The lowest BCUT2D eigenvalue weighted by Crippen LogP contribution is -2.51. The third kappa shape index (κ3) is 5.85. The van der Waals surface area contributed by atoms with Crippen molar-refractivity contribution < 1.29 is 9.47 Å². The number of morpholine rings is 1. The fourth-order valence-electron chi connectivity index (χ4n) is 4.05. The zero-order valence-corrected chi connectivity index (χ0v) is 17.2. The number of rotatable bonds is 6. The van der Waals surface area contributed by atoms with Gasteiger partial charge in [-0.2, -0.15) is 0 Å². The molecule has 3 atom stereocenters. The molecule has 1 aliphatic heterocycles. The monoisotopic (exact) mass is 382 g/mol. The van der Waals surface area contributed by atoms with Gasteiger partial charge in [0.15, 0.2) is 0 Å². The van der Waals surface area contributed by atoms with Gasteiger partial charge in [-0.05, 0) is 41.9 Å². The Labute approximate surface area is 164 Å². The summed E-state index contributed by atoms with van der Waals surface area (Å²) in [7, 11) is 0. The highest BCUT2D eigenvalue weighted by molar-refractivity contribution is 5.85. The lowest BCUT2D eigenvalue weighted by molar-refractivity contribution is 0.0523. The van der Waals surface area contributed by atoms with Crippen LogP contribution in [0.25, 0.3) is 0 Å². The highest BCUT2D eigenvalue weighted by atomic mass is 35.5. The minimum atomic E-state index is 0. The minimum absolute atomic E-state index is 0. The predicted molar refractivity (Wildman–Crippen MR) is 110 cm³/mol. The van der Waals surface area contributed by atoms with E-state index in [-0.39, 0.29) is 17.8 Å². The quantitative estimate of drug-likeness (QED) is 0.738. The van der Waals surface area contributed by atoms with Gasteiger partial charge >= 0.3 is 0 Å². The first-order chi connectivity index (χ1) is 12.0. The van der Waals surface area contributed by atoms with E-state index in [2.05, 4.69) is 55.7 Å². The van der Waals surface area contributed by atoms with E-state index in [9.17, 15) is 0 Å². The second-order valence-electron chi connectivity index (χ2n) is 8.42. The summed E-state index contributed by atoms with van der Waals surface area (Å²) in [4.78, 5) is 0. The molecule has 1 heterocycles. The van der Waals surface area contributed by atoms with Crippen LogP contribution in [-0.2, 0) is 10.2 Å². The molecule has 3 rings (SSSR count). The number of hydrogen-bond donors (Lipinski definition) is 2. The smallest absolute Gasteiger partial charge is 0.119 e. The zero-order valence-electron chi connectivity index (χ0n) is 16.4. The van der Waals surface area contributed by atoms with E-state index >= 15 is 0 Å². The Bertz CT molecular complexity index is 541. The van der Waals surface area contributed by atoms with Gasteiger partial charge in [0.25, 0.3) is 0 Å². The van der Waals surface area contributed by atoms with Gasteiger partial charge in [0, 0.05) is 25.2 Å². The van der Waals surface area contributed by atoms with Crippen LogP contribution in [0.4, 0.5) is 0 Å². The molecule has 1 saturated heterocycles. The Morgan fingerprint density at radius 2 is 2.12 bits per heavy atom. The van der Waals surface area contributed by atoms with Gasteiger partial charge in [-0.3, -0.25) is 0 Å². The Hall–Kier alpha value is -0.810. The van der Waals surface area contributed by atoms with Crippen molar-refractivity contribution in [3.05, 3.63) is 29.8 Å². The molecule has 0 amide bonds. The van der Waals surface area contributed by atoms with Crippen LogP contribution in [0.2, 0.25) is 0 Å². The summed E-state index contributed by atoms with van der Waals surface area (Å²) in [5, 5.41) is 7.35. The topological polar surface area (TPSA) is 42.5 Å². The molecule has 0 radical (unpaired) electrons. The van der Waals surface area contributed by atoms with Crippen molar-refractivity contribution in [2.45, 2.75) is 57.5 Å². The summed E-state index contributed by atoms with van der Waals surface area (Å²) in [5.74, 6) is 1.66. The molecule has 5 heteroatoms. The van der Waals surface area contributed by atoms with E-state index in [1.165, 1.54) is 24.8 Å². The highest BCUT2D eigenvalue weighted by Crippen LogP contribution is 2.29. The highest BCUT2D eigenvalue weighted by Gasteiger charge is 2.34. The van der Waals surface area contributed by atoms with Crippen molar-refractivity contribution in [3.8, 4) is 5.75 Å². The van der Waals surface area contributed by atoms with Crippen molar-refractivity contribution >= 4 is 12.4 Å². The first-order valence-electron chi connectivity index (χ1n) is 9.82. The SMILES string of the molecule is CC(C)(C)c1cccc(OCCNC2CCCC2C2COCCN2)c1.Cl. The first kappa shape index (κ1) is 21.5. The molecule has 2 N–H and O–H groups in total. The van der Waals surface area contributed by atoms with Gasteiger partial charge < -0.3 is 20.1 Å². The van der Waals surface area contributed by atoms with Crippen LogP contribution in [0, 0.1) is 5.92 Å². The second-order valence-corrected chi connectivity index (χ2v) is 8.42. The molecule has 3 unspecified atom stereocenters. The van der Waals surface area contributed by atoms with Crippen molar-refractivity contribution in [3.63, 3.8) is 0 Å². The van der Waals surface area contributed by atoms with Gasteiger partial charge in [-0.1, -0.05) is 39.3 Å². The summed E-state index contributed by atoms with van der Waals surface area (Å²) in [5.41, 5.74) is 1.47. The van der Waals surface area contributed by atoms with Crippen LogP contribution in [0.1, 0.15) is 45.6 Å². The Morgan fingerprint density at radius 1 is 1.27 bits per heavy atom. The van der Waals surface area contributed by atoms with Crippen molar-refractivity contribution in [2.24, 2.45) is 5.92 Å². The maximum Gasteiger partial charge on any atom is 0.119 e. The summed E-state index contributed by atoms with van der Waals surface area (Å²) < 4.78 is 11.6. The molecular weight excluding hydrogens is 348 g/mol. The molecule has 4 nitrogen and oxygen atoms in total. The molecule has 148 valence electrons. The summed E-state index contributed by atoms with van der Waals surface area (Å²) >= 11 is 0. The lowest BCUT2D eigenvalue weighted by Gasteiger charge is -2.33. The Kier molecular flexibility index (Phi) is 8.21. The van der Waals surface area contributed by atoms with Crippen LogP contribution in [-0.4, -0.2) is 45.0 Å². The summed E-state index contributed by atoms with van der Waals surface area (Å²) in [6, 6.07) is 9.58. The van der Waals surface area contributed by atoms with Gasteiger partial charge in [-0.15, -0.1) is 12.4 Å². The van der Waals surface area contributed by atoms with Crippen molar-refractivity contribution in [2.75, 3.05) is 32.9 Å². The molecule has 1 aromatic carbocycles. The Morgan fingerprint density at radius 3 is 2.85 bits per heavy atom. The summed E-state index contributed by atoms with van der Waals surface area (Å²) in [6.07, 6.45) is 3.88. The van der Waals surface area contributed by atoms with Gasteiger partial charge in [0.2, 0.25) is 0 Å². The normalized spacial score (nSPS) is 26.3. The van der Waals surface area contributed by atoms with Crippen LogP contribution in [0.3, 0.4) is 0 Å². The average molecular weight is 383 g/mol. The average Bonchev–Trinajstić information content (AvgIpc) is 3.07. The second kappa shape index (κ2) is 9.93. The third-order valence-electron chi connectivity index (χ3n) is 5.51. The number of hydrogen-bond acceptors (Lipinski definition) is 4. The molecule has 0 spiro atoms. The maximum absolute atomic E-state index is 5.98. The van der Waals surface area contributed by atoms with E-state index in [0.29, 0.717) is 24.6 Å². The van der Waals surface area contributed by atoms with E-state index in [4.69, 9.17) is 9.47 Å². The molecule has 26 heavy (non-hydrogen) atoms.